The van der Waals surface area contributed by atoms with Crippen molar-refractivity contribution in [3.8, 4) is 0 Å². The van der Waals surface area contributed by atoms with E-state index in [1.807, 2.05) is 32.9 Å². The smallest absolute Gasteiger partial charge is 0.307 e. The van der Waals surface area contributed by atoms with Crippen LogP contribution in [0.15, 0.2) is 24.3 Å². The molecule has 0 radical (unpaired) electrons. The van der Waals surface area contributed by atoms with Gasteiger partial charge in [0.15, 0.2) is 17.5 Å². The summed E-state index contributed by atoms with van der Waals surface area (Å²) in [6.07, 6.45) is 0. The molecule has 0 aliphatic rings. The van der Waals surface area contributed by atoms with Crippen molar-refractivity contribution in [2.75, 3.05) is 10.6 Å². The van der Waals surface area contributed by atoms with Gasteiger partial charge >= 0.3 is 6.03 Å². The number of hydrogen-bond donors (Lipinski definition) is 2. The standard InChI is InChI=1S/C16H15F3N2O/c1-8-6-9(2)15(10(3)7-8)21-16(22)20-12-5-4-11(17)13(18)14(12)19/h4-7H,1-3H3,(H2,20,21,22). The first-order valence-electron chi connectivity index (χ1n) is 6.59. The summed E-state index contributed by atoms with van der Waals surface area (Å²) in [5, 5.41) is 4.75. The molecule has 6 heteroatoms. The number of nitrogens with one attached hydrogen (secondary N) is 2. The molecule has 0 unspecified atom stereocenters. The summed E-state index contributed by atoms with van der Waals surface area (Å²) >= 11 is 0. The van der Waals surface area contributed by atoms with Crippen LogP contribution < -0.4 is 10.6 Å². The molecule has 3 nitrogen and oxygen atoms in total. The van der Waals surface area contributed by atoms with E-state index in [1.54, 1.807) is 0 Å². The fraction of sp³-hybridized carbons (Fsp3) is 0.188. The predicted octanol–water partition coefficient (Wildman–Crippen LogP) is 4.67. The Morgan fingerprint density at radius 2 is 1.50 bits per heavy atom. The Hall–Kier alpha value is -2.50. The fourth-order valence-electron chi connectivity index (χ4n) is 2.27. The van der Waals surface area contributed by atoms with Crippen LogP contribution in [0.4, 0.5) is 29.3 Å². The molecule has 2 aromatic rings. The molecule has 2 aromatic carbocycles. The van der Waals surface area contributed by atoms with Crippen molar-refractivity contribution in [3.05, 3.63) is 58.4 Å². The highest BCUT2D eigenvalue weighted by atomic mass is 19.2. The molecule has 22 heavy (non-hydrogen) atoms. The van der Waals surface area contributed by atoms with Gasteiger partial charge in [0.1, 0.15) is 0 Å². The normalized spacial score (nSPS) is 10.5. The maximum Gasteiger partial charge on any atom is 0.323 e. The zero-order chi connectivity index (χ0) is 16.4. The molecule has 0 aromatic heterocycles. The highest BCUT2D eigenvalue weighted by Crippen LogP contribution is 2.23. The fourth-order valence-corrected chi connectivity index (χ4v) is 2.27. The van der Waals surface area contributed by atoms with Crippen LogP contribution in [0.3, 0.4) is 0 Å². The van der Waals surface area contributed by atoms with E-state index in [2.05, 4.69) is 10.6 Å². The minimum absolute atomic E-state index is 0.432. The van der Waals surface area contributed by atoms with Gasteiger partial charge in [-0.3, -0.25) is 0 Å². The Balaban J connectivity index is 2.20. The van der Waals surface area contributed by atoms with E-state index in [9.17, 15) is 18.0 Å². The maximum absolute atomic E-state index is 13.5. The van der Waals surface area contributed by atoms with Gasteiger partial charge in [0.2, 0.25) is 0 Å². The summed E-state index contributed by atoms with van der Waals surface area (Å²) in [4.78, 5) is 11.9. The van der Waals surface area contributed by atoms with Crippen LogP contribution in [0.25, 0.3) is 0 Å². The number of aryl methyl sites for hydroxylation is 3. The van der Waals surface area contributed by atoms with Gasteiger partial charge in [-0.25, -0.2) is 18.0 Å². The molecule has 0 saturated heterocycles. The van der Waals surface area contributed by atoms with Crippen LogP contribution in [0, 0.1) is 38.2 Å². The third kappa shape index (κ3) is 3.21. The first kappa shape index (κ1) is 15.9. The van der Waals surface area contributed by atoms with Crippen molar-refractivity contribution in [3.63, 3.8) is 0 Å². The molecule has 0 bridgehead atoms. The second-order valence-electron chi connectivity index (χ2n) is 5.08. The summed E-state index contributed by atoms with van der Waals surface area (Å²) < 4.78 is 39.5. The summed E-state index contributed by atoms with van der Waals surface area (Å²) in [7, 11) is 0. The van der Waals surface area contributed by atoms with Crippen molar-refractivity contribution in [2.24, 2.45) is 0 Å². The molecule has 0 heterocycles. The molecule has 0 saturated carbocycles. The molecule has 0 fully saturated rings. The van der Waals surface area contributed by atoms with Gasteiger partial charge in [-0.2, -0.15) is 0 Å². The number of anilines is 2. The van der Waals surface area contributed by atoms with Crippen molar-refractivity contribution in [1.82, 2.24) is 0 Å². The molecule has 0 spiro atoms. The van der Waals surface area contributed by atoms with Crippen LogP contribution in [0.1, 0.15) is 16.7 Å². The molecular weight excluding hydrogens is 293 g/mol. The topological polar surface area (TPSA) is 41.1 Å². The highest BCUT2D eigenvalue weighted by molar-refractivity contribution is 6.00. The number of hydrogen-bond acceptors (Lipinski definition) is 1. The number of urea groups is 1. The monoisotopic (exact) mass is 308 g/mol. The van der Waals surface area contributed by atoms with Crippen LogP contribution in [-0.4, -0.2) is 6.03 Å². The van der Waals surface area contributed by atoms with Crippen LogP contribution in [0.5, 0.6) is 0 Å². The highest BCUT2D eigenvalue weighted by Gasteiger charge is 2.16. The molecular formula is C16H15F3N2O. The van der Waals surface area contributed by atoms with Crippen LogP contribution in [0.2, 0.25) is 0 Å². The van der Waals surface area contributed by atoms with E-state index in [0.717, 1.165) is 28.8 Å². The van der Waals surface area contributed by atoms with Crippen LogP contribution in [-0.2, 0) is 0 Å². The second-order valence-corrected chi connectivity index (χ2v) is 5.08. The number of rotatable bonds is 2. The lowest BCUT2D eigenvalue weighted by molar-refractivity contribution is 0.262. The average molecular weight is 308 g/mol. The largest absolute Gasteiger partial charge is 0.323 e. The third-order valence-electron chi connectivity index (χ3n) is 3.20. The SMILES string of the molecule is Cc1cc(C)c(NC(=O)Nc2ccc(F)c(F)c2F)c(C)c1. The van der Waals surface area contributed by atoms with Gasteiger partial charge in [-0.1, -0.05) is 17.7 Å². The van der Waals surface area contributed by atoms with Crippen molar-refractivity contribution in [2.45, 2.75) is 20.8 Å². The Kier molecular flexibility index (Phi) is 4.40. The number of benzene rings is 2. The Bertz CT molecular complexity index is 721. The number of carbonyl (C=O) groups excluding carboxylic acids is 1. The summed E-state index contributed by atoms with van der Waals surface area (Å²) in [6, 6.07) is 4.75. The zero-order valence-corrected chi connectivity index (χ0v) is 12.4. The predicted molar refractivity (Wildman–Crippen MR) is 79.6 cm³/mol. The van der Waals surface area contributed by atoms with Gasteiger partial charge < -0.3 is 10.6 Å². The van der Waals surface area contributed by atoms with Crippen molar-refractivity contribution >= 4 is 17.4 Å². The average Bonchev–Trinajstić information content (AvgIpc) is 2.43. The first-order chi connectivity index (χ1) is 10.3. The van der Waals surface area contributed by atoms with Gasteiger partial charge in [0.05, 0.1) is 5.69 Å². The summed E-state index contributed by atoms with van der Waals surface area (Å²) in [6.45, 7) is 5.59. The number of halogens is 3. The summed E-state index contributed by atoms with van der Waals surface area (Å²) in [5.41, 5.74) is 2.90. The lowest BCUT2D eigenvalue weighted by atomic mass is 10.1. The molecule has 116 valence electrons. The minimum atomic E-state index is -1.62. The lowest BCUT2D eigenvalue weighted by Gasteiger charge is -2.14. The van der Waals surface area contributed by atoms with Gasteiger partial charge in [-0.05, 0) is 44.0 Å². The molecule has 0 aliphatic heterocycles. The zero-order valence-electron chi connectivity index (χ0n) is 12.4. The first-order valence-corrected chi connectivity index (χ1v) is 6.59. The Morgan fingerprint density at radius 3 is 2.09 bits per heavy atom. The van der Waals surface area contributed by atoms with Gasteiger partial charge in [0, 0.05) is 5.69 Å². The van der Waals surface area contributed by atoms with E-state index in [0.29, 0.717) is 5.69 Å². The summed E-state index contributed by atoms with van der Waals surface area (Å²) in [5.74, 6) is -4.37. The van der Waals surface area contributed by atoms with Crippen molar-refractivity contribution in [1.29, 1.82) is 0 Å². The van der Waals surface area contributed by atoms with E-state index in [-0.39, 0.29) is 0 Å². The molecule has 2 amide bonds. The molecule has 0 atom stereocenters. The van der Waals surface area contributed by atoms with Gasteiger partial charge in [-0.15, -0.1) is 0 Å². The van der Waals surface area contributed by atoms with E-state index < -0.39 is 29.2 Å². The van der Waals surface area contributed by atoms with Crippen molar-refractivity contribution < 1.29 is 18.0 Å². The van der Waals surface area contributed by atoms with E-state index >= 15 is 0 Å². The number of amides is 2. The maximum atomic E-state index is 13.5. The minimum Gasteiger partial charge on any atom is -0.307 e. The Morgan fingerprint density at radius 1 is 0.909 bits per heavy atom. The second kappa shape index (κ2) is 6.09. The Labute approximate surface area is 126 Å². The number of carbonyl (C=O) groups is 1. The quantitative estimate of drug-likeness (QED) is 0.778. The van der Waals surface area contributed by atoms with Crippen LogP contribution >= 0.6 is 0 Å². The third-order valence-corrected chi connectivity index (χ3v) is 3.20. The molecule has 0 aliphatic carbocycles. The molecule has 2 rings (SSSR count). The lowest BCUT2D eigenvalue weighted by Crippen LogP contribution is -2.21. The molecule has 2 N–H and O–H groups in total. The van der Waals surface area contributed by atoms with E-state index in [4.69, 9.17) is 0 Å². The van der Waals surface area contributed by atoms with Gasteiger partial charge in [0.25, 0.3) is 0 Å². The van der Waals surface area contributed by atoms with E-state index in [1.165, 1.54) is 0 Å².